The van der Waals surface area contributed by atoms with Gasteiger partial charge in [-0.15, -0.1) is 12.4 Å². The van der Waals surface area contributed by atoms with Gasteiger partial charge in [0.1, 0.15) is 5.82 Å². The summed E-state index contributed by atoms with van der Waals surface area (Å²) in [4.78, 5) is 12.0. The van der Waals surface area contributed by atoms with Crippen molar-refractivity contribution in [3.63, 3.8) is 0 Å². The lowest BCUT2D eigenvalue weighted by atomic mass is 9.84. The molecule has 0 heterocycles. The van der Waals surface area contributed by atoms with Crippen LogP contribution < -0.4 is 11.1 Å². The zero-order valence-corrected chi connectivity index (χ0v) is 11.9. The number of aliphatic hydroxyl groups is 1. The number of carbonyl (C=O) groups excluding carboxylic acids is 1. The van der Waals surface area contributed by atoms with Gasteiger partial charge in [-0.3, -0.25) is 4.79 Å². The molecule has 0 bridgehead atoms. The van der Waals surface area contributed by atoms with Gasteiger partial charge >= 0.3 is 0 Å². The Morgan fingerprint density at radius 2 is 2.00 bits per heavy atom. The number of amides is 1. The van der Waals surface area contributed by atoms with E-state index >= 15 is 0 Å². The predicted octanol–water partition coefficient (Wildman–Crippen LogP) is 1.35. The maximum Gasteiger partial charge on any atom is 0.223 e. The minimum atomic E-state index is -0.602. The van der Waals surface area contributed by atoms with Crippen LogP contribution >= 0.6 is 12.4 Å². The molecule has 112 valence electrons. The molecule has 0 unspecified atom stereocenters. The third kappa shape index (κ3) is 4.44. The van der Waals surface area contributed by atoms with Crippen molar-refractivity contribution in [3.8, 4) is 0 Å². The number of nitrogens with one attached hydrogen (secondary N) is 1. The highest BCUT2D eigenvalue weighted by atomic mass is 35.5. The molecule has 1 aliphatic carbocycles. The van der Waals surface area contributed by atoms with Crippen LogP contribution in [0.2, 0.25) is 0 Å². The van der Waals surface area contributed by atoms with Gasteiger partial charge in [0.25, 0.3) is 0 Å². The first kappa shape index (κ1) is 16.9. The van der Waals surface area contributed by atoms with Gasteiger partial charge in [0.05, 0.1) is 6.10 Å². The number of aliphatic hydroxyl groups excluding tert-OH is 1. The Bertz CT molecular complexity index is 441. The monoisotopic (exact) mass is 302 g/mol. The molecular weight excluding hydrogens is 283 g/mol. The van der Waals surface area contributed by atoms with E-state index in [1.54, 1.807) is 12.1 Å². The smallest absolute Gasteiger partial charge is 0.223 e. The summed E-state index contributed by atoms with van der Waals surface area (Å²) in [6.07, 6.45) is 1.18. The van der Waals surface area contributed by atoms with Crippen LogP contribution in [-0.4, -0.2) is 23.2 Å². The highest BCUT2D eigenvalue weighted by Crippen LogP contribution is 2.23. The van der Waals surface area contributed by atoms with E-state index in [-0.39, 0.29) is 36.1 Å². The Hall–Kier alpha value is -1.17. The molecule has 2 rings (SSSR count). The van der Waals surface area contributed by atoms with Crippen LogP contribution in [0.15, 0.2) is 24.3 Å². The predicted molar refractivity (Wildman–Crippen MR) is 76.8 cm³/mol. The summed E-state index contributed by atoms with van der Waals surface area (Å²) < 4.78 is 12.7. The van der Waals surface area contributed by atoms with E-state index in [0.717, 1.165) is 5.56 Å². The number of hydrogen-bond donors (Lipinski definition) is 3. The third-order valence-electron chi connectivity index (χ3n) is 3.62. The number of halogens is 2. The van der Waals surface area contributed by atoms with Crippen molar-refractivity contribution in [1.29, 1.82) is 0 Å². The quantitative estimate of drug-likeness (QED) is 0.789. The lowest BCUT2D eigenvalue weighted by molar-refractivity contribution is -0.127. The number of benzene rings is 1. The molecule has 1 saturated carbocycles. The lowest BCUT2D eigenvalue weighted by Crippen LogP contribution is -2.44. The molecule has 1 amide bonds. The molecule has 0 aliphatic heterocycles. The number of hydrogen-bond acceptors (Lipinski definition) is 3. The maximum absolute atomic E-state index is 12.7. The van der Waals surface area contributed by atoms with E-state index in [9.17, 15) is 14.3 Å². The summed E-state index contributed by atoms with van der Waals surface area (Å²) >= 11 is 0. The van der Waals surface area contributed by atoms with Crippen molar-refractivity contribution in [2.45, 2.75) is 38.0 Å². The highest BCUT2D eigenvalue weighted by Gasteiger charge is 2.30. The van der Waals surface area contributed by atoms with E-state index in [4.69, 9.17) is 5.73 Å². The van der Waals surface area contributed by atoms with Crippen LogP contribution in [0.3, 0.4) is 0 Å². The van der Waals surface area contributed by atoms with Crippen molar-refractivity contribution in [2.24, 2.45) is 11.7 Å². The number of carbonyl (C=O) groups is 1. The molecule has 0 radical (unpaired) electrons. The van der Waals surface area contributed by atoms with Crippen LogP contribution in [0.1, 0.15) is 24.8 Å². The van der Waals surface area contributed by atoms with Crippen molar-refractivity contribution in [1.82, 2.24) is 5.32 Å². The zero-order chi connectivity index (χ0) is 13.8. The second-order valence-electron chi connectivity index (χ2n) is 5.09. The number of rotatable bonds is 3. The second-order valence-corrected chi connectivity index (χ2v) is 5.09. The first-order valence-corrected chi connectivity index (χ1v) is 6.52. The topological polar surface area (TPSA) is 75.4 Å². The summed E-state index contributed by atoms with van der Waals surface area (Å²) in [5, 5.41) is 12.5. The van der Waals surface area contributed by atoms with Gasteiger partial charge in [-0.1, -0.05) is 12.1 Å². The number of nitrogens with two attached hydrogens (primary N) is 1. The largest absolute Gasteiger partial charge is 0.391 e. The van der Waals surface area contributed by atoms with Crippen molar-refractivity contribution in [3.05, 3.63) is 35.6 Å². The molecule has 4 N–H and O–H groups in total. The van der Waals surface area contributed by atoms with E-state index < -0.39 is 6.10 Å². The molecular formula is C14H20ClFN2O2. The summed E-state index contributed by atoms with van der Waals surface area (Å²) in [6, 6.07) is 5.79. The van der Waals surface area contributed by atoms with Gasteiger partial charge in [-0.25, -0.2) is 4.39 Å². The van der Waals surface area contributed by atoms with Crippen molar-refractivity contribution >= 4 is 18.3 Å². The fourth-order valence-electron chi connectivity index (χ4n) is 2.34. The Labute approximate surface area is 124 Å². The highest BCUT2D eigenvalue weighted by molar-refractivity contribution is 5.85. The maximum atomic E-state index is 12.7. The van der Waals surface area contributed by atoms with Crippen LogP contribution in [0.4, 0.5) is 4.39 Å². The van der Waals surface area contributed by atoms with Crippen LogP contribution in [0.25, 0.3) is 0 Å². The van der Waals surface area contributed by atoms with Gasteiger partial charge < -0.3 is 16.2 Å². The van der Waals surface area contributed by atoms with E-state index in [2.05, 4.69) is 5.32 Å². The van der Waals surface area contributed by atoms with Crippen molar-refractivity contribution in [2.75, 3.05) is 0 Å². The standard InChI is InChI=1S/C14H19FN2O2.ClH/c15-11-4-1-9(2-5-11)8-17-14(19)10-3-6-12(16)13(18)7-10;/h1-2,4-5,10,12-13,18H,3,6-8,16H2,(H,17,19);1H/t10-,12+,13+;/m0./s1. The molecule has 1 aromatic carbocycles. The van der Waals surface area contributed by atoms with E-state index in [1.807, 2.05) is 0 Å². The minimum Gasteiger partial charge on any atom is -0.391 e. The summed E-state index contributed by atoms with van der Waals surface area (Å²) in [6.45, 7) is 0.373. The molecule has 0 aromatic heterocycles. The van der Waals surface area contributed by atoms with Crippen LogP contribution in [0.5, 0.6) is 0 Å². The normalized spacial score (nSPS) is 25.6. The Kier molecular flexibility index (Phi) is 6.39. The van der Waals surface area contributed by atoms with Gasteiger partial charge in [0.15, 0.2) is 0 Å². The van der Waals surface area contributed by atoms with Crippen LogP contribution in [0, 0.1) is 11.7 Å². The SMILES string of the molecule is Cl.N[C@@H]1CC[C@H](C(=O)NCc2ccc(F)cc2)C[C@H]1O. The lowest BCUT2D eigenvalue weighted by Gasteiger charge is -2.29. The average molecular weight is 303 g/mol. The molecule has 6 heteroatoms. The molecule has 3 atom stereocenters. The van der Waals surface area contributed by atoms with Gasteiger partial charge in [0, 0.05) is 18.5 Å². The Morgan fingerprint density at radius 1 is 1.35 bits per heavy atom. The Morgan fingerprint density at radius 3 is 2.60 bits per heavy atom. The fourth-order valence-corrected chi connectivity index (χ4v) is 2.34. The molecule has 0 spiro atoms. The van der Waals surface area contributed by atoms with Gasteiger partial charge in [0.2, 0.25) is 5.91 Å². The molecule has 1 aliphatic rings. The summed E-state index contributed by atoms with van der Waals surface area (Å²) in [5.74, 6) is -0.551. The molecule has 1 aromatic rings. The summed E-state index contributed by atoms with van der Waals surface area (Å²) in [7, 11) is 0. The van der Waals surface area contributed by atoms with Gasteiger partial charge in [-0.2, -0.15) is 0 Å². The molecule has 1 fully saturated rings. The second kappa shape index (κ2) is 7.57. The molecule has 0 saturated heterocycles. The van der Waals surface area contributed by atoms with E-state index in [0.29, 0.717) is 25.8 Å². The van der Waals surface area contributed by atoms with E-state index in [1.165, 1.54) is 12.1 Å². The first-order chi connectivity index (χ1) is 9.06. The summed E-state index contributed by atoms with van der Waals surface area (Å²) in [5.41, 5.74) is 6.55. The third-order valence-corrected chi connectivity index (χ3v) is 3.62. The van der Waals surface area contributed by atoms with Crippen molar-refractivity contribution < 1.29 is 14.3 Å². The molecule has 4 nitrogen and oxygen atoms in total. The first-order valence-electron chi connectivity index (χ1n) is 6.52. The van der Waals surface area contributed by atoms with Crippen LogP contribution in [-0.2, 0) is 11.3 Å². The fraction of sp³-hybridized carbons (Fsp3) is 0.500. The average Bonchev–Trinajstić information content (AvgIpc) is 2.41. The minimum absolute atomic E-state index is 0. The Balaban J connectivity index is 0.00000200. The van der Waals surface area contributed by atoms with Gasteiger partial charge in [-0.05, 0) is 37.0 Å². The molecule has 20 heavy (non-hydrogen) atoms. The zero-order valence-electron chi connectivity index (χ0n) is 11.1.